The van der Waals surface area contributed by atoms with Crippen molar-refractivity contribution in [3.63, 3.8) is 0 Å². The highest BCUT2D eigenvalue weighted by Crippen LogP contribution is 2.21. The van der Waals surface area contributed by atoms with Crippen molar-refractivity contribution in [2.75, 3.05) is 39.9 Å². The number of hydrogen-bond donors (Lipinski definition) is 0. The Bertz CT molecular complexity index is 940. The molecule has 0 aliphatic carbocycles. The third-order valence-electron chi connectivity index (χ3n) is 4.91. The molecule has 0 atom stereocenters. The van der Waals surface area contributed by atoms with Gasteiger partial charge in [0.25, 0.3) is 0 Å². The summed E-state index contributed by atoms with van der Waals surface area (Å²) in [6.45, 7) is 1.83. The van der Waals surface area contributed by atoms with E-state index in [-0.39, 0.29) is 10.8 Å². The molecule has 0 bridgehead atoms. The number of carbonyl (C=O) groups excluding carboxylic acids is 1. The number of ether oxygens (including phenoxy) is 2. The van der Waals surface area contributed by atoms with Crippen molar-refractivity contribution in [3.8, 4) is 11.5 Å². The summed E-state index contributed by atoms with van der Waals surface area (Å²) < 4.78 is 38.5. The summed E-state index contributed by atoms with van der Waals surface area (Å²) in [6, 6.07) is 13.9. The van der Waals surface area contributed by atoms with Crippen LogP contribution in [0.1, 0.15) is 12.8 Å². The molecule has 1 fully saturated rings. The number of amides is 1. The third-order valence-corrected chi connectivity index (χ3v) is 7.35. The number of carbonyl (C=O) groups is 1. The predicted molar refractivity (Wildman–Crippen MR) is 117 cm³/mol. The molecule has 1 saturated heterocycles. The van der Waals surface area contributed by atoms with Gasteiger partial charge in [-0.05, 0) is 55.0 Å². The summed E-state index contributed by atoms with van der Waals surface area (Å²) in [6.07, 6.45) is 0.970. The summed E-state index contributed by atoms with van der Waals surface area (Å²) in [4.78, 5) is 14.4. The van der Waals surface area contributed by atoms with Crippen molar-refractivity contribution in [1.82, 2.24) is 9.21 Å². The average Bonchev–Trinajstić information content (AvgIpc) is 2.77. The zero-order chi connectivity index (χ0) is 21.6. The van der Waals surface area contributed by atoms with Gasteiger partial charge in [-0.15, -0.1) is 0 Å². The van der Waals surface area contributed by atoms with Crippen molar-refractivity contribution in [2.45, 2.75) is 17.7 Å². The van der Waals surface area contributed by atoms with Gasteiger partial charge in [-0.3, -0.25) is 4.79 Å². The second-order valence-corrected chi connectivity index (χ2v) is 9.72. The Labute approximate surface area is 185 Å². The molecule has 0 unspecified atom stereocenters. The van der Waals surface area contributed by atoms with E-state index in [1.54, 1.807) is 36.3 Å². The van der Waals surface area contributed by atoms with Crippen molar-refractivity contribution >= 4 is 31.9 Å². The van der Waals surface area contributed by atoms with Crippen LogP contribution in [0.4, 0.5) is 0 Å². The lowest BCUT2D eigenvalue weighted by Crippen LogP contribution is -2.50. The van der Waals surface area contributed by atoms with Crippen molar-refractivity contribution in [2.24, 2.45) is 0 Å². The van der Waals surface area contributed by atoms with Crippen LogP contribution in [0.5, 0.6) is 11.5 Å². The molecule has 9 heteroatoms. The Morgan fingerprint density at radius 3 is 2.17 bits per heavy atom. The van der Waals surface area contributed by atoms with E-state index < -0.39 is 10.0 Å². The van der Waals surface area contributed by atoms with Crippen LogP contribution in [0.2, 0.25) is 0 Å². The Morgan fingerprint density at radius 1 is 0.967 bits per heavy atom. The molecular weight excluding hydrogens is 472 g/mol. The summed E-state index contributed by atoms with van der Waals surface area (Å²) >= 11 is 3.31. The SMILES string of the molecule is COc1ccc(OCCCC(=O)N2CCN(S(=O)(=O)c3ccc(Br)cc3)CC2)cc1. The molecule has 1 aliphatic rings. The number of sulfonamides is 1. The van der Waals surface area contributed by atoms with E-state index in [9.17, 15) is 13.2 Å². The van der Waals surface area contributed by atoms with Crippen LogP contribution in [-0.4, -0.2) is 63.4 Å². The van der Waals surface area contributed by atoms with Crippen molar-refractivity contribution in [3.05, 3.63) is 53.0 Å². The minimum atomic E-state index is -3.54. The minimum absolute atomic E-state index is 0.0222. The molecule has 7 nitrogen and oxygen atoms in total. The third kappa shape index (κ3) is 5.74. The van der Waals surface area contributed by atoms with Crippen LogP contribution in [0.3, 0.4) is 0 Å². The van der Waals surface area contributed by atoms with E-state index in [4.69, 9.17) is 9.47 Å². The summed E-state index contributed by atoms with van der Waals surface area (Å²) in [5, 5.41) is 0. The van der Waals surface area contributed by atoms with Crippen LogP contribution in [0.15, 0.2) is 57.9 Å². The van der Waals surface area contributed by atoms with Gasteiger partial charge in [0.1, 0.15) is 11.5 Å². The average molecular weight is 497 g/mol. The van der Waals surface area contributed by atoms with E-state index in [1.165, 1.54) is 4.31 Å². The van der Waals surface area contributed by atoms with Crippen LogP contribution in [0, 0.1) is 0 Å². The lowest BCUT2D eigenvalue weighted by molar-refractivity contribution is -0.132. The predicted octanol–water partition coefficient (Wildman–Crippen LogP) is 3.15. The Balaban J connectivity index is 1.42. The lowest BCUT2D eigenvalue weighted by atomic mass is 10.2. The molecule has 0 aromatic heterocycles. The van der Waals surface area contributed by atoms with Crippen molar-refractivity contribution in [1.29, 1.82) is 0 Å². The van der Waals surface area contributed by atoms with Gasteiger partial charge in [-0.25, -0.2) is 8.42 Å². The maximum atomic E-state index is 12.7. The minimum Gasteiger partial charge on any atom is -0.497 e. The highest BCUT2D eigenvalue weighted by atomic mass is 79.9. The van der Waals surface area contributed by atoms with Crippen molar-refractivity contribution < 1.29 is 22.7 Å². The molecule has 2 aromatic rings. The largest absolute Gasteiger partial charge is 0.497 e. The molecule has 30 heavy (non-hydrogen) atoms. The molecule has 3 rings (SSSR count). The fourth-order valence-electron chi connectivity index (χ4n) is 3.18. The maximum Gasteiger partial charge on any atom is 0.243 e. The van der Waals surface area contributed by atoms with Gasteiger partial charge >= 0.3 is 0 Å². The maximum absolute atomic E-state index is 12.7. The second-order valence-electron chi connectivity index (χ2n) is 6.87. The van der Waals surface area contributed by atoms with Gasteiger partial charge in [0.2, 0.25) is 15.9 Å². The molecule has 0 spiro atoms. The molecule has 2 aromatic carbocycles. The first-order valence-electron chi connectivity index (χ1n) is 9.70. The highest BCUT2D eigenvalue weighted by Gasteiger charge is 2.29. The fourth-order valence-corrected chi connectivity index (χ4v) is 4.86. The normalized spacial score (nSPS) is 15.1. The molecule has 0 N–H and O–H groups in total. The zero-order valence-corrected chi connectivity index (χ0v) is 19.2. The topological polar surface area (TPSA) is 76.2 Å². The van der Waals surface area contributed by atoms with E-state index in [0.717, 1.165) is 16.0 Å². The zero-order valence-electron chi connectivity index (χ0n) is 16.8. The molecule has 0 saturated carbocycles. The van der Waals surface area contributed by atoms with Gasteiger partial charge in [0.05, 0.1) is 18.6 Å². The Hall–Kier alpha value is -2.10. The van der Waals surface area contributed by atoms with Gasteiger partial charge in [0, 0.05) is 37.1 Å². The number of hydrogen-bond acceptors (Lipinski definition) is 5. The number of nitrogens with zero attached hydrogens (tertiary/aromatic N) is 2. The van der Waals surface area contributed by atoms with E-state index in [2.05, 4.69) is 15.9 Å². The van der Waals surface area contributed by atoms with E-state index in [1.807, 2.05) is 24.3 Å². The van der Waals surface area contributed by atoms with Gasteiger partial charge in [-0.1, -0.05) is 15.9 Å². The highest BCUT2D eigenvalue weighted by molar-refractivity contribution is 9.10. The van der Waals surface area contributed by atoms with Gasteiger partial charge in [0.15, 0.2) is 0 Å². The van der Waals surface area contributed by atoms with Crippen LogP contribution < -0.4 is 9.47 Å². The first-order valence-corrected chi connectivity index (χ1v) is 11.9. The van der Waals surface area contributed by atoms with E-state index >= 15 is 0 Å². The molecule has 0 radical (unpaired) electrons. The quantitative estimate of drug-likeness (QED) is 0.524. The van der Waals surface area contributed by atoms with Crippen LogP contribution in [-0.2, 0) is 14.8 Å². The molecule has 1 aliphatic heterocycles. The van der Waals surface area contributed by atoms with Crippen LogP contribution >= 0.6 is 15.9 Å². The number of benzene rings is 2. The van der Waals surface area contributed by atoms with Gasteiger partial charge in [-0.2, -0.15) is 4.31 Å². The first kappa shape index (κ1) is 22.6. The standard InChI is InChI=1S/C21H25BrN2O5S/c1-28-18-6-8-19(9-7-18)29-16-2-3-21(25)23-12-14-24(15-13-23)30(26,27)20-10-4-17(22)5-11-20/h4-11H,2-3,12-16H2,1H3. The number of piperazine rings is 1. The van der Waals surface area contributed by atoms with Crippen LogP contribution in [0.25, 0.3) is 0 Å². The lowest BCUT2D eigenvalue weighted by Gasteiger charge is -2.34. The monoisotopic (exact) mass is 496 g/mol. The summed E-state index contributed by atoms with van der Waals surface area (Å²) in [5.74, 6) is 1.52. The number of methoxy groups -OCH3 is 1. The number of rotatable bonds is 8. The molecule has 1 amide bonds. The second kappa shape index (κ2) is 10.3. The summed E-state index contributed by atoms with van der Waals surface area (Å²) in [5.41, 5.74) is 0. The molecular formula is C21H25BrN2O5S. The Morgan fingerprint density at radius 2 is 1.57 bits per heavy atom. The van der Waals surface area contributed by atoms with Gasteiger partial charge < -0.3 is 14.4 Å². The van der Waals surface area contributed by atoms with E-state index in [0.29, 0.717) is 45.6 Å². The molecule has 162 valence electrons. The smallest absolute Gasteiger partial charge is 0.243 e. The Kier molecular flexibility index (Phi) is 7.74. The fraction of sp³-hybridized carbons (Fsp3) is 0.381. The summed E-state index contributed by atoms with van der Waals surface area (Å²) in [7, 11) is -1.93. The first-order chi connectivity index (χ1) is 14.4. The number of halogens is 1. The molecule has 1 heterocycles.